The molecule has 1 heterocycles. The summed E-state index contributed by atoms with van der Waals surface area (Å²) in [5.41, 5.74) is 1.31. The summed E-state index contributed by atoms with van der Waals surface area (Å²) in [5.74, 6) is 0.993. The molecule has 3 rings (SSSR count). The van der Waals surface area contributed by atoms with Crippen LogP contribution in [0.15, 0.2) is 30.3 Å². The van der Waals surface area contributed by atoms with E-state index in [9.17, 15) is 9.90 Å². The lowest BCUT2D eigenvalue weighted by atomic mass is 9.71. The number of likely N-dealkylation sites (tertiary alicyclic amines) is 1. The number of Topliss-reactive ketones (excluding diaryl/α,β-unsaturated/α-hetero) is 1. The van der Waals surface area contributed by atoms with Crippen LogP contribution in [0.4, 0.5) is 0 Å². The second-order valence-corrected chi connectivity index (χ2v) is 6.20. The van der Waals surface area contributed by atoms with Crippen molar-refractivity contribution in [2.24, 2.45) is 11.8 Å². The van der Waals surface area contributed by atoms with Crippen LogP contribution in [0.1, 0.15) is 31.2 Å². The molecule has 0 spiro atoms. The average molecular weight is 273 g/mol. The Balaban J connectivity index is 1.75. The molecular formula is C17H23NO2. The molecular weight excluding hydrogens is 250 g/mol. The van der Waals surface area contributed by atoms with E-state index in [2.05, 4.69) is 29.2 Å². The van der Waals surface area contributed by atoms with Gasteiger partial charge in [-0.3, -0.25) is 9.69 Å². The van der Waals surface area contributed by atoms with Crippen molar-refractivity contribution in [3.8, 4) is 0 Å². The summed E-state index contributed by atoms with van der Waals surface area (Å²) >= 11 is 0. The fourth-order valence-electron chi connectivity index (χ4n) is 3.88. The summed E-state index contributed by atoms with van der Waals surface area (Å²) < 4.78 is 0. The summed E-state index contributed by atoms with van der Waals surface area (Å²) in [6.45, 7) is 2.13. The standard InChI is InChI=1S/C17H23NO2/c19-9-7-15-16-10-14(11-17(15)20)6-8-18(16)12-13-4-2-1-3-5-13/h1-5,14-16,19H,6-12H2/t14-,15+,16+/m1/s1. The third-order valence-corrected chi connectivity index (χ3v) is 4.90. The normalized spacial score (nSPS) is 30.4. The Morgan fingerprint density at radius 3 is 2.80 bits per heavy atom. The number of aliphatic hydroxyl groups is 1. The first-order valence-electron chi connectivity index (χ1n) is 7.69. The highest BCUT2D eigenvalue weighted by Gasteiger charge is 2.42. The molecule has 1 aliphatic carbocycles. The minimum atomic E-state index is 0.0419. The van der Waals surface area contributed by atoms with Crippen molar-refractivity contribution < 1.29 is 9.90 Å². The lowest BCUT2D eigenvalue weighted by Crippen LogP contribution is -2.52. The largest absolute Gasteiger partial charge is 0.396 e. The fourth-order valence-corrected chi connectivity index (χ4v) is 3.88. The maximum absolute atomic E-state index is 12.3. The number of ketones is 1. The third-order valence-electron chi connectivity index (χ3n) is 4.90. The minimum Gasteiger partial charge on any atom is -0.396 e. The van der Waals surface area contributed by atoms with Crippen LogP contribution in [0.5, 0.6) is 0 Å². The Kier molecular flexibility index (Phi) is 4.18. The number of nitrogens with zero attached hydrogens (tertiary/aromatic N) is 1. The van der Waals surface area contributed by atoms with E-state index in [1.54, 1.807) is 0 Å². The van der Waals surface area contributed by atoms with Gasteiger partial charge in [0, 0.05) is 31.5 Å². The van der Waals surface area contributed by atoms with E-state index >= 15 is 0 Å². The molecule has 1 aromatic rings. The van der Waals surface area contributed by atoms with Crippen LogP contribution in [0, 0.1) is 11.8 Å². The van der Waals surface area contributed by atoms with Crippen LogP contribution in [0.25, 0.3) is 0 Å². The van der Waals surface area contributed by atoms with Gasteiger partial charge in [-0.05, 0) is 37.3 Å². The number of fused-ring (bicyclic) bond motifs is 2. The van der Waals surface area contributed by atoms with Crippen LogP contribution in [0.3, 0.4) is 0 Å². The minimum absolute atomic E-state index is 0.0419. The molecule has 20 heavy (non-hydrogen) atoms. The topological polar surface area (TPSA) is 40.5 Å². The van der Waals surface area contributed by atoms with Gasteiger partial charge in [0.05, 0.1) is 0 Å². The van der Waals surface area contributed by atoms with Gasteiger partial charge >= 0.3 is 0 Å². The Hall–Kier alpha value is -1.19. The number of carbonyl (C=O) groups is 1. The molecule has 2 fully saturated rings. The molecule has 1 aliphatic heterocycles. The van der Waals surface area contributed by atoms with Crippen LogP contribution < -0.4 is 0 Å². The van der Waals surface area contributed by atoms with Crippen molar-refractivity contribution >= 4 is 5.78 Å². The van der Waals surface area contributed by atoms with Crippen molar-refractivity contribution in [3.63, 3.8) is 0 Å². The summed E-state index contributed by atoms with van der Waals surface area (Å²) in [6, 6.07) is 10.8. The number of aliphatic hydroxyl groups excluding tert-OH is 1. The first kappa shape index (κ1) is 13.8. The second kappa shape index (κ2) is 6.06. The summed E-state index contributed by atoms with van der Waals surface area (Å²) in [4.78, 5) is 14.7. The molecule has 3 nitrogen and oxygen atoms in total. The number of hydrogen-bond donors (Lipinski definition) is 1. The molecule has 1 saturated carbocycles. The summed E-state index contributed by atoms with van der Waals surface area (Å²) in [7, 11) is 0. The van der Waals surface area contributed by atoms with Crippen molar-refractivity contribution in [1.29, 1.82) is 0 Å². The SMILES string of the molecule is O=C1C[C@@H]2CCN(Cc3ccccc3)[C@@H](C2)[C@@H]1CCO. The molecule has 0 amide bonds. The van der Waals surface area contributed by atoms with E-state index in [0.717, 1.165) is 32.4 Å². The Morgan fingerprint density at radius 2 is 2.05 bits per heavy atom. The predicted octanol–water partition coefficient (Wildman–Crippen LogP) is 2.24. The molecule has 0 radical (unpaired) electrons. The molecule has 3 atom stereocenters. The molecule has 2 bridgehead atoms. The first-order valence-corrected chi connectivity index (χ1v) is 7.69. The predicted molar refractivity (Wildman–Crippen MR) is 78.2 cm³/mol. The van der Waals surface area contributed by atoms with E-state index in [-0.39, 0.29) is 12.5 Å². The van der Waals surface area contributed by atoms with Crippen LogP contribution in [-0.4, -0.2) is 35.0 Å². The number of piperidine rings is 1. The number of benzene rings is 1. The zero-order valence-corrected chi connectivity index (χ0v) is 11.9. The molecule has 3 heteroatoms. The maximum Gasteiger partial charge on any atom is 0.137 e. The number of carbonyl (C=O) groups excluding carboxylic acids is 1. The van der Waals surface area contributed by atoms with Gasteiger partial charge in [-0.15, -0.1) is 0 Å². The van der Waals surface area contributed by atoms with Gasteiger partial charge in [-0.25, -0.2) is 0 Å². The van der Waals surface area contributed by atoms with E-state index in [1.165, 1.54) is 5.56 Å². The van der Waals surface area contributed by atoms with Gasteiger partial charge in [0.15, 0.2) is 0 Å². The van der Waals surface area contributed by atoms with E-state index in [4.69, 9.17) is 0 Å². The highest BCUT2D eigenvalue weighted by atomic mass is 16.3. The smallest absolute Gasteiger partial charge is 0.137 e. The van der Waals surface area contributed by atoms with Gasteiger partial charge in [-0.2, -0.15) is 0 Å². The van der Waals surface area contributed by atoms with Crippen molar-refractivity contribution in [1.82, 2.24) is 4.90 Å². The highest BCUT2D eigenvalue weighted by Crippen LogP contribution is 2.38. The molecule has 108 valence electrons. The van der Waals surface area contributed by atoms with E-state index in [0.29, 0.717) is 24.2 Å². The Morgan fingerprint density at radius 1 is 1.25 bits per heavy atom. The van der Waals surface area contributed by atoms with Gasteiger partial charge in [0.1, 0.15) is 5.78 Å². The summed E-state index contributed by atoms with van der Waals surface area (Å²) in [6.07, 6.45) is 3.63. The number of hydrogen-bond acceptors (Lipinski definition) is 3. The summed E-state index contributed by atoms with van der Waals surface area (Å²) in [5, 5.41) is 9.24. The second-order valence-electron chi connectivity index (χ2n) is 6.20. The molecule has 0 unspecified atom stereocenters. The monoisotopic (exact) mass is 273 g/mol. The molecule has 1 N–H and O–H groups in total. The van der Waals surface area contributed by atoms with Gasteiger partial charge in [-0.1, -0.05) is 30.3 Å². The third kappa shape index (κ3) is 2.79. The average Bonchev–Trinajstić information content (AvgIpc) is 2.47. The van der Waals surface area contributed by atoms with Crippen molar-refractivity contribution in [2.75, 3.05) is 13.2 Å². The Labute approximate surface area is 120 Å². The first-order chi connectivity index (χ1) is 9.78. The van der Waals surface area contributed by atoms with Crippen molar-refractivity contribution in [3.05, 3.63) is 35.9 Å². The van der Waals surface area contributed by atoms with Gasteiger partial charge in [0.2, 0.25) is 0 Å². The van der Waals surface area contributed by atoms with Gasteiger partial charge < -0.3 is 5.11 Å². The zero-order valence-electron chi connectivity index (χ0n) is 11.9. The van der Waals surface area contributed by atoms with E-state index in [1.807, 2.05) is 6.07 Å². The van der Waals surface area contributed by atoms with Crippen LogP contribution in [-0.2, 0) is 11.3 Å². The van der Waals surface area contributed by atoms with E-state index < -0.39 is 0 Å². The van der Waals surface area contributed by atoms with Gasteiger partial charge in [0.25, 0.3) is 0 Å². The van der Waals surface area contributed by atoms with Crippen molar-refractivity contribution in [2.45, 2.75) is 38.3 Å². The molecule has 0 aromatic heterocycles. The zero-order chi connectivity index (χ0) is 13.9. The fraction of sp³-hybridized carbons (Fsp3) is 0.588. The number of rotatable bonds is 4. The van der Waals surface area contributed by atoms with Crippen LogP contribution in [0.2, 0.25) is 0 Å². The quantitative estimate of drug-likeness (QED) is 0.914. The molecule has 2 aliphatic rings. The maximum atomic E-state index is 12.3. The Bertz CT molecular complexity index is 459. The van der Waals surface area contributed by atoms with Crippen LogP contribution >= 0.6 is 0 Å². The lowest BCUT2D eigenvalue weighted by molar-refractivity contribution is -0.133. The molecule has 1 saturated heterocycles. The molecule has 1 aromatic carbocycles. The lowest BCUT2D eigenvalue weighted by Gasteiger charge is -2.46. The highest BCUT2D eigenvalue weighted by molar-refractivity contribution is 5.83.